The summed E-state index contributed by atoms with van der Waals surface area (Å²) in [5, 5.41) is 0. The van der Waals surface area contributed by atoms with E-state index in [0.29, 0.717) is 0 Å². The summed E-state index contributed by atoms with van der Waals surface area (Å²) in [6.45, 7) is 12.5. The Morgan fingerprint density at radius 1 is 0.625 bits per heavy atom. The van der Waals surface area contributed by atoms with Crippen molar-refractivity contribution in [1.29, 1.82) is 0 Å². The second-order valence-electron chi connectivity index (χ2n) is 3.31. The van der Waals surface area contributed by atoms with Crippen LogP contribution in [0.1, 0.15) is 67.2 Å². The van der Waals surface area contributed by atoms with Crippen LogP contribution in [-0.4, -0.2) is 0 Å². The van der Waals surface area contributed by atoms with Crippen molar-refractivity contribution in [2.75, 3.05) is 0 Å². The molecule has 96 valence electrons. The second-order valence-corrected chi connectivity index (χ2v) is 3.31. The summed E-state index contributed by atoms with van der Waals surface area (Å²) in [6.07, 6.45) is 17.5. The van der Waals surface area contributed by atoms with E-state index < -0.39 is 0 Å². The smallest absolute Gasteiger partial charge is 0.0353 e. The van der Waals surface area contributed by atoms with Crippen molar-refractivity contribution in [1.82, 2.24) is 0 Å². The molecule has 0 aliphatic rings. The molecule has 0 nitrogen and oxygen atoms in total. The van der Waals surface area contributed by atoms with Gasteiger partial charge in [-0.25, -0.2) is 0 Å². The summed E-state index contributed by atoms with van der Waals surface area (Å²) in [5.74, 6) is 0. The lowest BCUT2D eigenvalue weighted by Crippen LogP contribution is -1.55. The van der Waals surface area contributed by atoms with Crippen molar-refractivity contribution in [3.8, 4) is 0 Å². The van der Waals surface area contributed by atoms with Crippen molar-refractivity contribution >= 4 is 0 Å². The Bertz CT molecular complexity index is 139. The first kappa shape index (κ1) is 20.6. The lowest BCUT2D eigenvalue weighted by Gasteiger charge is -1.76. The molecule has 0 fully saturated rings. The molecule has 0 aromatic carbocycles. The summed E-state index contributed by atoms with van der Waals surface area (Å²) in [6, 6.07) is 0. The molecule has 0 amide bonds. The SMILES string of the molecule is C/C=C/C.C/C=C/CCC.CC/C=C\CC. The van der Waals surface area contributed by atoms with Crippen molar-refractivity contribution in [2.45, 2.75) is 67.2 Å². The van der Waals surface area contributed by atoms with Crippen LogP contribution in [0.2, 0.25) is 0 Å². The zero-order valence-corrected chi connectivity index (χ0v) is 12.3. The van der Waals surface area contributed by atoms with Gasteiger partial charge in [0.25, 0.3) is 0 Å². The number of hydrogen-bond donors (Lipinski definition) is 0. The zero-order chi connectivity index (χ0) is 13.1. The summed E-state index contributed by atoms with van der Waals surface area (Å²) in [4.78, 5) is 0. The highest BCUT2D eigenvalue weighted by molar-refractivity contribution is 4.77. The Balaban J connectivity index is -0.000000162. The quantitative estimate of drug-likeness (QED) is 0.491. The van der Waals surface area contributed by atoms with Gasteiger partial charge in [-0.3, -0.25) is 0 Å². The molecule has 0 aliphatic carbocycles. The summed E-state index contributed by atoms with van der Waals surface area (Å²) in [5.41, 5.74) is 0. The zero-order valence-electron chi connectivity index (χ0n) is 12.3. The number of rotatable bonds is 4. The Morgan fingerprint density at radius 2 is 1.06 bits per heavy atom. The van der Waals surface area contributed by atoms with Crippen LogP contribution in [0.5, 0.6) is 0 Å². The Kier molecular flexibility index (Phi) is 37.7. The number of unbranched alkanes of at least 4 members (excludes halogenated alkanes) is 1. The molecule has 0 unspecified atom stereocenters. The van der Waals surface area contributed by atoms with Crippen LogP contribution in [0.15, 0.2) is 36.5 Å². The van der Waals surface area contributed by atoms with Gasteiger partial charge in [-0.05, 0) is 40.0 Å². The molecular weight excluding hydrogens is 192 g/mol. The van der Waals surface area contributed by atoms with E-state index in [1.54, 1.807) is 0 Å². The maximum Gasteiger partial charge on any atom is -0.0353 e. The molecule has 0 aromatic rings. The van der Waals surface area contributed by atoms with E-state index in [1.165, 1.54) is 25.7 Å². The number of allylic oxidation sites excluding steroid dienone is 6. The fourth-order valence-electron chi connectivity index (χ4n) is 0.667. The minimum Gasteiger partial charge on any atom is -0.0919 e. The largest absolute Gasteiger partial charge is 0.0919 e. The van der Waals surface area contributed by atoms with Gasteiger partial charge < -0.3 is 0 Å². The van der Waals surface area contributed by atoms with E-state index in [4.69, 9.17) is 0 Å². The molecule has 0 bridgehead atoms. The third-order valence-corrected chi connectivity index (χ3v) is 1.66. The average molecular weight is 224 g/mol. The van der Waals surface area contributed by atoms with Gasteiger partial charge in [-0.2, -0.15) is 0 Å². The van der Waals surface area contributed by atoms with Crippen LogP contribution in [0.3, 0.4) is 0 Å². The third kappa shape index (κ3) is 51.0. The van der Waals surface area contributed by atoms with E-state index in [1.807, 2.05) is 26.0 Å². The molecule has 0 N–H and O–H groups in total. The van der Waals surface area contributed by atoms with Crippen LogP contribution in [0.4, 0.5) is 0 Å². The topological polar surface area (TPSA) is 0 Å². The van der Waals surface area contributed by atoms with Gasteiger partial charge in [0.1, 0.15) is 0 Å². The molecule has 0 saturated heterocycles. The fraction of sp³-hybridized carbons (Fsp3) is 0.625. The maximum atomic E-state index is 2.18. The van der Waals surface area contributed by atoms with Crippen molar-refractivity contribution in [3.63, 3.8) is 0 Å². The van der Waals surface area contributed by atoms with Crippen LogP contribution in [-0.2, 0) is 0 Å². The van der Waals surface area contributed by atoms with Crippen molar-refractivity contribution in [3.05, 3.63) is 36.5 Å². The monoisotopic (exact) mass is 224 g/mol. The van der Waals surface area contributed by atoms with E-state index in [-0.39, 0.29) is 0 Å². The lowest BCUT2D eigenvalue weighted by molar-refractivity contribution is 0.957. The Morgan fingerprint density at radius 3 is 1.19 bits per heavy atom. The molecule has 0 heterocycles. The van der Waals surface area contributed by atoms with E-state index in [9.17, 15) is 0 Å². The van der Waals surface area contributed by atoms with Crippen molar-refractivity contribution in [2.24, 2.45) is 0 Å². The predicted octanol–water partition coefficient (Wildman–Crippen LogP) is 6.31. The lowest BCUT2D eigenvalue weighted by atomic mass is 10.3. The third-order valence-electron chi connectivity index (χ3n) is 1.66. The minimum absolute atomic E-state index is 1.17. The molecule has 0 saturated carbocycles. The van der Waals surface area contributed by atoms with Gasteiger partial charge in [-0.1, -0.05) is 63.6 Å². The Hall–Kier alpha value is -0.780. The van der Waals surface area contributed by atoms with Gasteiger partial charge in [0.05, 0.1) is 0 Å². The summed E-state index contributed by atoms with van der Waals surface area (Å²) in [7, 11) is 0. The first-order valence-electron chi connectivity index (χ1n) is 6.58. The highest BCUT2D eigenvalue weighted by atomic mass is 13.7. The second kappa shape index (κ2) is 29.2. The predicted molar refractivity (Wildman–Crippen MR) is 79.9 cm³/mol. The molecule has 0 aromatic heterocycles. The average Bonchev–Trinajstić information content (AvgIpc) is 2.34. The summed E-state index contributed by atoms with van der Waals surface area (Å²) >= 11 is 0. The Labute approximate surface area is 104 Å². The molecule has 0 aliphatic heterocycles. The van der Waals surface area contributed by atoms with Gasteiger partial charge in [0.2, 0.25) is 0 Å². The van der Waals surface area contributed by atoms with Crippen LogP contribution in [0.25, 0.3) is 0 Å². The molecule has 16 heavy (non-hydrogen) atoms. The number of hydrogen-bond acceptors (Lipinski definition) is 0. The summed E-state index contributed by atoms with van der Waals surface area (Å²) < 4.78 is 0. The van der Waals surface area contributed by atoms with Gasteiger partial charge >= 0.3 is 0 Å². The van der Waals surface area contributed by atoms with E-state index in [2.05, 4.69) is 52.0 Å². The van der Waals surface area contributed by atoms with Crippen LogP contribution < -0.4 is 0 Å². The highest BCUT2D eigenvalue weighted by Crippen LogP contribution is 1.85. The van der Waals surface area contributed by atoms with E-state index >= 15 is 0 Å². The maximum absolute atomic E-state index is 2.18. The molecule has 0 heteroatoms. The van der Waals surface area contributed by atoms with Gasteiger partial charge in [-0.15, -0.1) is 0 Å². The molecular formula is C16H32. The first-order chi connectivity index (χ1) is 7.74. The minimum atomic E-state index is 1.17. The molecule has 0 rings (SSSR count). The van der Waals surface area contributed by atoms with Gasteiger partial charge in [0.15, 0.2) is 0 Å². The molecule has 0 radical (unpaired) electrons. The highest BCUT2D eigenvalue weighted by Gasteiger charge is 1.64. The molecule has 0 spiro atoms. The van der Waals surface area contributed by atoms with Crippen LogP contribution >= 0.6 is 0 Å². The van der Waals surface area contributed by atoms with Gasteiger partial charge in [0, 0.05) is 0 Å². The molecule has 0 atom stereocenters. The van der Waals surface area contributed by atoms with Crippen LogP contribution in [0, 0.1) is 0 Å². The standard InChI is InChI=1S/2C6H12.C4H8/c2*1-3-5-6-4-2;1-3-4-2/h5-6H,3-4H2,1-2H3;3,5H,4,6H2,1-2H3;3-4H,1-2H3/b6-5-;5-3+;4-3+. The fourth-order valence-corrected chi connectivity index (χ4v) is 0.667. The normalized spacial score (nSPS) is 10.1. The first-order valence-corrected chi connectivity index (χ1v) is 6.58. The van der Waals surface area contributed by atoms with Crippen molar-refractivity contribution < 1.29 is 0 Å². The van der Waals surface area contributed by atoms with E-state index in [0.717, 1.165) is 0 Å².